The number of esters is 1. The third-order valence-corrected chi connectivity index (χ3v) is 5.44. The van der Waals surface area contributed by atoms with E-state index in [1.807, 2.05) is 29.3 Å². The summed E-state index contributed by atoms with van der Waals surface area (Å²) in [6, 6.07) is 4.00. The maximum absolute atomic E-state index is 12.9. The lowest BCUT2D eigenvalue weighted by Gasteiger charge is -2.34. The van der Waals surface area contributed by atoms with Gasteiger partial charge in [0.05, 0.1) is 17.9 Å². The van der Waals surface area contributed by atoms with Crippen molar-refractivity contribution in [2.75, 3.05) is 13.7 Å². The van der Waals surface area contributed by atoms with Crippen LogP contribution in [-0.2, 0) is 9.53 Å². The lowest BCUT2D eigenvalue weighted by atomic mass is 9.94. The molecule has 1 aliphatic rings. The molecule has 4 nitrogen and oxygen atoms in total. The molecule has 1 heterocycles. The standard InChI is InChI=1S/C18H27NO3S/c1-14(18(21)22-2)13-19(17(20)16-11-8-12-23-16)15-9-6-4-3-5-7-10-15/h8,11-12,14-15H,3-7,9-10,13H2,1-2H3. The van der Waals surface area contributed by atoms with Gasteiger partial charge in [0.2, 0.25) is 0 Å². The number of carbonyl (C=O) groups is 2. The van der Waals surface area contributed by atoms with E-state index >= 15 is 0 Å². The van der Waals surface area contributed by atoms with E-state index in [1.165, 1.54) is 37.7 Å². The smallest absolute Gasteiger partial charge is 0.310 e. The van der Waals surface area contributed by atoms with Gasteiger partial charge in [-0.3, -0.25) is 9.59 Å². The van der Waals surface area contributed by atoms with E-state index < -0.39 is 0 Å². The highest BCUT2D eigenvalue weighted by atomic mass is 32.1. The zero-order valence-electron chi connectivity index (χ0n) is 14.1. The highest BCUT2D eigenvalue weighted by molar-refractivity contribution is 7.12. The first-order valence-electron chi connectivity index (χ1n) is 8.55. The molecule has 2 rings (SSSR count). The third kappa shape index (κ3) is 5.06. The van der Waals surface area contributed by atoms with Crippen LogP contribution in [-0.4, -0.2) is 36.5 Å². The number of hydrogen-bond acceptors (Lipinski definition) is 4. The second-order valence-corrected chi connectivity index (χ2v) is 7.31. The average molecular weight is 337 g/mol. The highest BCUT2D eigenvalue weighted by Crippen LogP contribution is 2.25. The van der Waals surface area contributed by atoms with Crippen LogP contribution in [0, 0.1) is 5.92 Å². The van der Waals surface area contributed by atoms with Gasteiger partial charge in [-0.05, 0) is 24.3 Å². The second kappa shape index (κ2) is 9.06. The lowest BCUT2D eigenvalue weighted by Crippen LogP contribution is -2.44. The molecule has 0 aromatic carbocycles. The van der Waals surface area contributed by atoms with E-state index in [0.29, 0.717) is 6.54 Å². The quantitative estimate of drug-likeness (QED) is 0.760. The molecule has 1 aliphatic carbocycles. The van der Waals surface area contributed by atoms with Crippen LogP contribution in [0.25, 0.3) is 0 Å². The fourth-order valence-corrected chi connectivity index (χ4v) is 3.94. The first-order chi connectivity index (χ1) is 11.1. The van der Waals surface area contributed by atoms with Gasteiger partial charge in [0.15, 0.2) is 0 Å². The summed E-state index contributed by atoms with van der Waals surface area (Å²) in [6.45, 7) is 2.28. The Labute approximate surface area is 142 Å². The minimum absolute atomic E-state index is 0.0568. The summed E-state index contributed by atoms with van der Waals surface area (Å²) in [5.74, 6) is -0.490. The Morgan fingerprint density at radius 1 is 1.26 bits per heavy atom. The van der Waals surface area contributed by atoms with Crippen molar-refractivity contribution in [3.05, 3.63) is 22.4 Å². The number of rotatable bonds is 5. The minimum Gasteiger partial charge on any atom is -0.469 e. The summed E-state index contributed by atoms with van der Waals surface area (Å²) < 4.78 is 4.84. The van der Waals surface area contributed by atoms with Gasteiger partial charge in [-0.1, -0.05) is 45.1 Å². The first-order valence-corrected chi connectivity index (χ1v) is 9.43. The van der Waals surface area contributed by atoms with Gasteiger partial charge in [-0.15, -0.1) is 11.3 Å². The molecule has 1 amide bonds. The van der Waals surface area contributed by atoms with Crippen molar-refractivity contribution in [2.24, 2.45) is 5.92 Å². The molecule has 1 aromatic heterocycles. The van der Waals surface area contributed by atoms with E-state index in [4.69, 9.17) is 4.74 Å². The molecule has 5 heteroatoms. The number of nitrogens with zero attached hydrogens (tertiary/aromatic N) is 1. The third-order valence-electron chi connectivity index (χ3n) is 4.58. The minimum atomic E-state index is -0.297. The van der Waals surface area contributed by atoms with Crippen molar-refractivity contribution in [1.29, 1.82) is 0 Å². The van der Waals surface area contributed by atoms with Crippen LogP contribution in [0.5, 0.6) is 0 Å². The molecule has 0 radical (unpaired) electrons. The summed E-state index contributed by atoms with van der Waals surface area (Å²) in [6.07, 6.45) is 8.16. The average Bonchev–Trinajstić information content (AvgIpc) is 3.05. The normalized spacial score (nSPS) is 17.8. The first kappa shape index (κ1) is 18.0. The molecule has 0 aliphatic heterocycles. The monoisotopic (exact) mass is 337 g/mol. The van der Waals surface area contributed by atoms with Gasteiger partial charge in [0.1, 0.15) is 0 Å². The maximum atomic E-state index is 12.9. The molecular weight excluding hydrogens is 310 g/mol. The van der Waals surface area contributed by atoms with Crippen molar-refractivity contribution < 1.29 is 14.3 Å². The van der Waals surface area contributed by atoms with Crippen LogP contribution in [0.15, 0.2) is 17.5 Å². The predicted molar refractivity (Wildman–Crippen MR) is 92.6 cm³/mol. The van der Waals surface area contributed by atoms with Crippen molar-refractivity contribution >= 4 is 23.2 Å². The molecule has 0 N–H and O–H groups in total. The van der Waals surface area contributed by atoms with Crippen molar-refractivity contribution in [3.8, 4) is 0 Å². The summed E-state index contributed by atoms with van der Waals surface area (Å²) in [5.41, 5.74) is 0. The van der Waals surface area contributed by atoms with E-state index in [2.05, 4.69) is 0 Å². The number of carbonyl (C=O) groups excluding carboxylic acids is 2. The molecule has 23 heavy (non-hydrogen) atoms. The Hall–Kier alpha value is -1.36. The highest BCUT2D eigenvalue weighted by Gasteiger charge is 2.29. The largest absolute Gasteiger partial charge is 0.469 e. The van der Waals surface area contributed by atoms with E-state index in [0.717, 1.165) is 30.6 Å². The molecular formula is C18H27NO3S. The van der Waals surface area contributed by atoms with Gasteiger partial charge in [-0.2, -0.15) is 0 Å². The van der Waals surface area contributed by atoms with Crippen molar-refractivity contribution in [3.63, 3.8) is 0 Å². The lowest BCUT2D eigenvalue weighted by molar-refractivity contribution is -0.145. The zero-order chi connectivity index (χ0) is 16.7. The molecule has 1 unspecified atom stereocenters. The van der Waals surface area contributed by atoms with E-state index in [1.54, 1.807) is 0 Å². The molecule has 1 fully saturated rings. The fourth-order valence-electron chi connectivity index (χ4n) is 3.26. The van der Waals surface area contributed by atoms with Gasteiger partial charge in [-0.25, -0.2) is 0 Å². The van der Waals surface area contributed by atoms with Crippen LogP contribution >= 0.6 is 11.3 Å². The summed E-state index contributed by atoms with van der Waals surface area (Å²) >= 11 is 1.47. The SMILES string of the molecule is COC(=O)C(C)CN(C(=O)c1cccs1)C1CCCCCCC1. The van der Waals surface area contributed by atoms with Gasteiger partial charge in [0.25, 0.3) is 5.91 Å². The molecule has 1 atom stereocenters. The Morgan fingerprint density at radius 3 is 2.48 bits per heavy atom. The summed E-state index contributed by atoms with van der Waals surface area (Å²) in [5, 5.41) is 1.92. The van der Waals surface area contributed by atoms with Gasteiger partial charge < -0.3 is 9.64 Å². The van der Waals surface area contributed by atoms with Crippen LogP contribution in [0.3, 0.4) is 0 Å². The molecule has 128 valence electrons. The number of amides is 1. The Balaban J connectivity index is 2.15. The molecule has 0 saturated heterocycles. The molecule has 1 saturated carbocycles. The van der Waals surface area contributed by atoms with Gasteiger partial charge in [0, 0.05) is 12.6 Å². The van der Waals surface area contributed by atoms with Crippen LogP contribution in [0.2, 0.25) is 0 Å². The zero-order valence-corrected chi connectivity index (χ0v) is 14.9. The second-order valence-electron chi connectivity index (χ2n) is 6.36. The fraction of sp³-hybridized carbons (Fsp3) is 0.667. The summed E-state index contributed by atoms with van der Waals surface area (Å²) in [7, 11) is 1.40. The summed E-state index contributed by atoms with van der Waals surface area (Å²) in [4.78, 5) is 27.4. The Morgan fingerprint density at radius 2 is 1.91 bits per heavy atom. The van der Waals surface area contributed by atoms with Crippen LogP contribution in [0.1, 0.15) is 61.5 Å². The predicted octanol–water partition coefficient (Wildman–Crippen LogP) is 4.11. The van der Waals surface area contributed by atoms with Crippen molar-refractivity contribution in [1.82, 2.24) is 4.90 Å². The number of thiophene rings is 1. The Kier molecular flexibility index (Phi) is 7.09. The topological polar surface area (TPSA) is 46.6 Å². The van der Waals surface area contributed by atoms with Crippen LogP contribution < -0.4 is 0 Å². The maximum Gasteiger partial charge on any atom is 0.310 e. The molecule has 0 bridgehead atoms. The van der Waals surface area contributed by atoms with Crippen LogP contribution in [0.4, 0.5) is 0 Å². The van der Waals surface area contributed by atoms with E-state index in [9.17, 15) is 9.59 Å². The number of hydrogen-bond donors (Lipinski definition) is 0. The number of ether oxygens (including phenoxy) is 1. The van der Waals surface area contributed by atoms with Gasteiger partial charge >= 0.3 is 5.97 Å². The van der Waals surface area contributed by atoms with E-state index in [-0.39, 0.29) is 23.8 Å². The molecule has 1 aromatic rings. The molecule has 0 spiro atoms. The Bertz CT molecular complexity index is 492. The van der Waals surface area contributed by atoms with Crippen molar-refractivity contribution in [2.45, 2.75) is 57.9 Å². The number of methoxy groups -OCH3 is 1.